The average molecular weight is 442 g/mol. The molecule has 0 fully saturated rings. The van der Waals surface area contributed by atoms with E-state index >= 15 is 0 Å². The summed E-state index contributed by atoms with van der Waals surface area (Å²) in [6, 6.07) is 36.1. The van der Waals surface area contributed by atoms with Gasteiger partial charge in [0.05, 0.1) is 0 Å². The number of nitrogen functional groups attached to an aromatic ring is 1. The van der Waals surface area contributed by atoms with Crippen LogP contribution in [0.5, 0.6) is 0 Å². The summed E-state index contributed by atoms with van der Waals surface area (Å²) in [5.74, 6) is 1.04. The van der Waals surface area contributed by atoms with E-state index < -0.39 is 0 Å². The SMILES string of the molecule is Nc1c(C=Cc2ccccc2)cccc1-c1ncnc(N(c2ccccc2)c2ccccc2)n1. The van der Waals surface area contributed by atoms with E-state index in [1.54, 1.807) is 0 Å². The van der Waals surface area contributed by atoms with E-state index in [4.69, 9.17) is 10.7 Å². The van der Waals surface area contributed by atoms with Crippen LogP contribution in [0.15, 0.2) is 116 Å². The molecular formula is C29H23N5. The van der Waals surface area contributed by atoms with Gasteiger partial charge in [0, 0.05) is 22.6 Å². The highest BCUT2D eigenvalue weighted by molar-refractivity contribution is 5.84. The van der Waals surface area contributed by atoms with Crippen LogP contribution in [0.4, 0.5) is 23.0 Å². The Labute approximate surface area is 198 Å². The van der Waals surface area contributed by atoms with E-state index in [-0.39, 0.29) is 0 Å². The monoisotopic (exact) mass is 441 g/mol. The number of nitrogens with zero attached hydrogens (tertiary/aromatic N) is 4. The van der Waals surface area contributed by atoms with E-state index in [0.29, 0.717) is 17.5 Å². The first kappa shape index (κ1) is 21.1. The molecule has 0 spiro atoms. The van der Waals surface area contributed by atoms with Gasteiger partial charge in [-0.2, -0.15) is 4.98 Å². The van der Waals surface area contributed by atoms with Crippen LogP contribution < -0.4 is 10.6 Å². The van der Waals surface area contributed by atoms with Gasteiger partial charge in [-0.05, 0) is 41.5 Å². The Kier molecular flexibility index (Phi) is 6.08. The van der Waals surface area contributed by atoms with Crippen molar-refractivity contribution in [2.45, 2.75) is 0 Å². The largest absolute Gasteiger partial charge is 0.398 e. The molecule has 0 unspecified atom stereocenters. The van der Waals surface area contributed by atoms with E-state index in [1.165, 1.54) is 6.33 Å². The average Bonchev–Trinajstić information content (AvgIpc) is 2.90. The lowest BCUT2D eigenvalue weighted by Gasteiger charge is -2.23. The first-order valence-electron chi connectivity index (χ1n) is 11.0. The van der Waals surface area contributed by atoms with E-state index in [1.807, 2.05) is 114 Å². The summed E-state index contributed by atoms with van der Waals surface area (Å²) >= 11 is 0. The third-order valence-electron chi connectivity index (χ3n) is 5.42. The molecule has 0 atom stereocenters. The van der Waals surface area contributed by atoms with Crippen LogP contribution in [0.2, 0.25) is 0 Å². The predicted molar refractivity (Wildman–Crippen MR) is 140 cm³/mol. The summed E-state index contributed by atoms with van der Waals surface area (Å²) in [6.07, 6.45) is 5.58. The lowest BCUT2D eigenvalue weighted by atomic mass is 10.1. The van der Waals surface area contributed by atoms with Gasteiger partial charge in [-0.15, -0.1) is 0 Å². The molecule has 1 aromatic heterocycles. The molecule has 0 aliphatic carbocycles. The minimum atomic E-state index is 0.520. The Morgan fingerprint density at radius 3 is 1.88 bits per heavy atom. The lowest BCUT2D eigenvalue weighted by Crippen LogP contribution is -2.14. The van der Waals surface area contributed by atoms with Crippen molar-refractivity contribution in [3.8, 4) is 11.4 Å². The molecule has 0 amide bonds. The molecule has 0 radical (unpaired) electrons. The molecule has 5 heteroatoms. The van der Waals surface area contributed by atoms with Crippen molar-refractivity contribution in [2.24, 2.45) is 0 Å². The summed E-state index contributed by atoms with van der Waals surface area (Å²) in [6.45, 7) is 0. The van der Waals surface area contributed by atoms with Gasteiger partial charge in [0.2, 0.25) is 5.95 Å². The Morgan fingerprint density at radius 1 is 0.618 bits per heavy atom. The summed E-state index contributed by atoms with van der Waals surface area (Å²) in [7, 11) is 0. The van der Waals surface area contributed by atoms with Crippen molar-refractivity contribution < 1.29 is 0 Å². The third-order valence-corrected chi connectivity index (χ3v) is 5.42. The van der Waals surface area contributed by atoms with Crippen LogP contribution in [0.25, 0.3) is 23.5 Å². The molecule has 5 aromatic rings. The topological polar surface area (TPSA) is 67.9 Å². The van der Waals surface area contributed by atoms with Gasteiger partial charge in [-0.1, -0.05) is 91.0 Å². The standard InChI is InChI=1S/C29H23N5/c30-27-23(20-19-22-11-4-1-5-12-22)13-10-18-26(27)28-31-21-32-29(33-28)34(24-14-6-2-7-15-24)25-16-8-3-9-17-25/h1-21H,30H2. The van der Waals surface area contributed by atoms with Crippen molar-refractivity contribution in [1.29, 1.82) is 0 Å². The Morgan fingerprint density at radius 2 is 1.24 bits per heavy atom. The zero-order chi connectivity index (χ0) is 23.2. The number of hydrogen-bond donors (Lipinski definition) is 1. The van der Waals surface area contributed by atoms with Gasteiger partial charge in [-0.3, -0.25) is 4.90 Å². The minimum Gasteiger partial charge on any atom is -0.398 e. The third kappa shape index (κ3) is 4.54. The summed E-state index contributed by atoms with van der Waals surface area (Å²) in [5, 5.41) is 0. The van der Waals surface area contributed by atoms with Crippen LogP contribution in [-0.4, -0.2) is 15.0 Å². The van der Waals surface area contributed by atoms with Gasteiger partial charge in [0.15, 0.2) is 5.82 Å². The molecule has 5 rings (SSSR count). The Hall–Kier alpha value is -4.77. The van der Waals surface area contributed by atoms with E-state index in [9.17, 15) is 0 Å². The van der Waals surface area contributed by atoms with Crippen molar-refractivity contribution in [2.75, 3.05) is 10.6 Å². The number of anilines is 4. The first-order chi connectivity index (χ1) is 16.8. The normalized spacial score (nSPS) is 10.9. The molecule has 2 N–H and O–H groups in total. The number of hydrogen-bond acceptors (Lipinski definition) is 5. The van der Waals surface area contributed by atoms with Gasteiger partial charge in [-0.25, -0.2) is 9.97 Å². The van der Waals surface area contributed by atoms with Crippen LogP contribution >= 0.6 is 0 Å². The fourth-order valence-corrected chi connectivity index (χ4v) is 3.73. The molecule has 4 aromatic carbocycles. The maximum Gasteiger partial charge on any atom is 0.238 e. The highest BCUT2D eigenvalue weighted by Gasteiger charge is 2.17. The fraction of sp³-hybridized carbons (Fsp3) is 0. The Bertz CT molecular complexity index is 1360. The molecular weight excluding hydrogens is 418 g/mol. The Balaban J connectivity index is 1.55. The highest BCUT2D eigenvalue weighted by Crippen LogP contribution is 2.33. The molecule has 0 bridgehead atoms. The number of benzene rings is 4. The molecule has 5 nitrogen and oxygen atoms in total. The number of nitrogens with two attached hydrogens (primary N) is 1. The molecule has 0 saturated heterocycles. The van der Waals surface area contributed by atoms with Gasteiger partial charge < -0.3 is 5.73 Å². The van der Waals surface area contributed by atoms with Crippen molar-refractivity contribution in [3.63, 3.8) is 0 Å². The molecule has 0 aliphatic heterocycles. The number of para-hydroxylation sites is 3. The van der Waals surface area contributed by atoms with Crippen molar-refractivity contribution in [3.05, 3.63) is 127 Å². The highest BCUT2D eigenvalue weighted by atomic mass is 15.3. The predicted octanol–water partition coefficient (Wildman–Crippen LogP) is 6.76. The maximum atomic E-state index is 6.56. The minimum absolute atomic E-state index is 0.520. The smallest absolute Gasteiger partial charge is 0.238 e. The zero-order valence-corrected chi connectivity index (χ0v) is 18.5. The fourth-order valence-electron chi connectivity index (χ4n) is 3.73. The quantitative estimate of drug-likeness (QED) is 0.233. The second-order valence-corrected chi connectivity index (χ2v) is 7.67. The van der Waals surface area contributed by atoms with Gasteiger partial charge in [0.1, 0.15) is 6.33 Å². The van der Waals surface area contributed by atoms with E-state index in [0.717, 1.165) is 28.1 Å². The van der Waals surface area contributed by atoms with E-state index in [2.05, 4.69) is 22.1 Å². The molecule has 164 valence electrons. The number of rotatable bonds is 6. The first-order valence-corrected chi connectivity index (χ1v) is 11.0. The summed E-state index contributed by atoms with van der Waals surface area (Å²) < 4.78 is 0. The molecule has 0 saturated carbocycles. The van der Waals surface area contributed by atoms with Crippen LogP contribution in [0.3, 0.4) is 0 Å². The second-order valence-electron chi connectivity index (χ2n) is 7.67. The zero-order valence-electron chi connectivity index (χ0n) is 18.5. The summed E-state index contributed by atoms with van der Waals surface area (Å²) in [4.78, 5) is 15.8. The van der Waals surface area contributed by atoms with Gasteiger partial charge >= 0.3 is 0 Å². The lowest BCUT2D eigenvalue weighted by molar-refractivity contribution is 1.02. The molecule has 34 heavy (non-hydrogen) atoms. The molecule has 1 heterocycles. The second kappa shape index (κ2) is 9.79. The van der Waals surface area contributed by atoms with Crippen LogP contribution in [-0.2, 0) is 0 Å². The summed E-state index contributed by atoms with van der Waals surface area (Å²) in [5.41, 5.74) is 11.9. The van der Waals surface area contributed by atoms with Crippen LogP contribution in [0.1, 0.15) is 11.1 Å². The van der Waals surface area contributed by atoms with Crippen molar-refractivity contribution in [1.82, 2.24) is 15.0 Å². The maximum absolute atomic E-state index is 6.56. The van der Waals surface area contributed by atoms with Gasteiger partial charge in [0.25, 0.3) is 0 Å². The van der Waals surface area contributed by atoms with Crippen LogP contribution in [0, 0.1) is 0 Å². The number of aromatic nitrogens is 3. The van der Waals surface area contributed by atoms with Crippen molar-refractivity contribution >= 4 is 35.2 Å². The molecule has 0 aliphatic rings.